The number of ether oxygens (including phenoxy) is 1. The summed E-state index contributed by atoms with van der Waals surface area (Å²) in [7, 11) is 0. The lowest BCUT2D eigenvalue weighted by Gasteiger charge is -2.20. The Morgan fingerprint density at radius 2 is 2.26 bits per heavy atom. The Balaban J connectivity index is 1.52. The molecule has 138 valence electrons. The van der Waals surface area contributed by atoms with Gasteiger partial charge in [-0.15, -0.1) is 11.3 Å². The van der Waals surface area contributed by atoms with Crippen molar-refractivity contribution in [1.29, 1.82) is 0 Å². The second kappa shape index (κ2) is 7.54. The van der Waals surface area contributed by atoms with Gasteiger partial charge >= 0.3 is 0 Å². The summed E-state index contributed by atoms with van der Waals surface area (Å²) in [5.41, 5.74) is 0.824. The molecule has 0 bridgehead atoms. The first-order valence-electron chi connectivity index (χ1n) is 8.16. The van der Waals surface area contributed by atoms with Crippen LogP contribution in [0.5, 0.6) is 5.75 Å². The van der Waals surface area contributed by atoms with Crippen molar-refractivity contribution in [1.82, 2.24) is 5.01 Å². The highest BCUT2D eigenvalue weighted by atomic mass is 35.5. The third-order valence-corrected chi connectivity index (χ3v) is 5.30. The second-order valence-electron chi connectivity index (χ2n) is 5.86. The van der Waals surface area contributed by atoms with Crippen LogP contribution in [0, 0.1) is 5.82 Å². The van der Waals surface area contributed by atoms with Crippen LogP contribution in [0.15, 0.2) is 63.6 Å². The largest absolute Gasteiger partial charge is 0.484 e. The number of hydrazone groups is 1. The molecule has 0 saturated carbocycles. The third-order valence-electron chi connectivity index (χ3n) is 4.10. The number of benzene rings is 1. The molecular formula is C19H14ClFN2O3S. The maximum atomic E-state index is 13.2. The molecule has 0 spiro atoms. The van der Waals surface area contributed by atoms with E-state index >= 15 is 0 Å². The summed E-state index contributed by atoms with van der Waals surface area (Å²) in [6, 6.07) is 11.1. The SMILES string of the molecule is O=C(COc1ccc(F)c(Cl)c1)N1N=C(c2cccs2)C[C@@H]1c1ccco1. The van der Waals surface area contributed by atoms with Crippen molar-refractivity contribution in [3.05, 3.63) is 75.6 Å². The van der Waals surface area contributed by atoms with Gasteiger partial charge in [0.25, 0.3) is 5.91 Å². The molecule has 5 nitrogen and oxygen atoms in total. The maximum absolute atomic E-state index is 13.2. The molecule has 1 aliphatic rings. The lowest BCUT2D eigenvalue weighted by atomic mass is 10.1. The quantitative estimate of drug-likeness (QED) is 0.608. The van der Waals surface area contributed by atoms with Crippen LogP contribution in [0.2, 0.25) is 5.02 Å². The molecule has 0 radical (unpaired) electrons. The van der Waals surface area contributed by atoms with Gasteiger partial charge in [-0.25, -0.2) is 9.40 Å². The highest BCUT2D eigenvalue weighted by molar-refractivity contribution is 7.12. The predicted octanol–water partition coefficient (Wildman–Crippen LogP) is 4.89. The van der Waals surface area contributed by atoms with Crippen molar-refractivity contribution in [3.63, 3.8) is 0 Å². The van der Waals surface area contributed by atoms with Crippen LogP contribution >= 0.6 is 22.9 Å². The van der Waals surface area contributed by atoms with E-state index in [1.165, 1.54) is 23.2 Å². The highest BCUT2D eigenvalue weighted by Crippen LogP contribution is 2.34. The Hall–Kier alpha value is -2.64. The molecule has 27 heavy (non-hydrogen) atoms. The van der Waals surface area contributed by atoms with E-state index in [1.54, 1.807) is 23.7 Å². The van der Waals surface area contributed by atoms with E-state index < -0.39 is 5.82 Å². The van der Waals surface area contributed by atoms with Gasteiger partial charge in [-0.05, 0) is 35.7 Å². The molecule has 1 atom stereocenters. The van der Waals surface area contributed by atoms with E-state index in [9.17, 15) is 9.18 Å². The molecule has 0 N–H and O–H groups in total. The Morgan fingerprint density at radius 1 is 1.37 bits per heavy atom. The zero-order valence-electron chi connectivity index (χ0n) is 14.0. The minimum atomic E-state index is -0.544. The molecule has 3 aromatic rings. The molecule has 8 heteroatoms. The van der Waals surface area contributed by atoms with Crippen LogP contribution in [0.3, 0.4) is 0 Å². The first-order chi connectivity index (χ1) is 13.1. The molecule has 1 aliphatic heterocycles. The van der Waals surface area contributed by atoms with Crippen LogP contribution in [0.1, 0.15) is 23.1 Å². The van der Waals surface area contributed by atoms with Gasteiger partial charge in [-0.2, -0.15) is 5.10 Å². The lowest BCUT2D eigenvalue weighted by molar-refractivity contribution is -0.135. The fourth-order valence-corrected chi connectivity index (χ4v) is 3.70. The van der Waals surface area contributed by atoms with Crippen molar-refractivity contribution in [2.24, 2.45) is 5.10 Å². The number of thiophene rings is 1. The van der Waals surface area contributed by atoms with Gasteiger partial charge in [-0.1, -0.05) is 17.7 Å². The summed E-state index contributed by atoms with van der Waals surface area (Å²) >= 11 is 7.31. The van der Waals surface area contributed by atoms with Crippen LogP contribution in [-0.4, -0.2) is 23.2 Å². The average molecular weight is 405 g/mol. The molecule has 0 saturated heterocycles. The Kier molecular flexibility index (Phi) is 4.96. The molecule has 0 fully saturated rings. The number of carbonyl (C=O) groups is 1. The lowest BCUT2D eigenvalue weighted by Crippen LogP contribution is -2.31. The van der Waals surface area contributed by atoms with Gasteiger partial charge < -0.3 is 9.15 Å². The molecule has 1 aromatic carbocycles. The zero-order valence-corrected chi connectivity index (χ0v) is 15.5. The molecule has 0 aliphatic carbocycles. The second-order valence-corrected chi connectivity index (χ2v) is 7.22. The van der Waals surface area contributed by atoms with Gasteiger partial charge in [0.05, 0.1) is 21.9 Å². The third kappa shape index (κ3) is 3.74. The summed E-state index contributed by atoms with van der Waals surface area (Å²) < 4.78 is 24.2. The monoisotopic (exact) mass is 404 g/mol. The first kappa shape index (κ1) is 17.8. The average Bonchev–Trinajstić information content (AvgIpc) is 3.41. The van der Waals surface area contributed by atoms with Crippen molar-refractivity contribution < 1.29 is 18.3 Å². The Labute approximate surface area is 163 Å². The molecule has 1 amide bonds. The van der Waals surface area contributed by atoms with E-state index in [0.29, 0.717) is 17.9 Å². The molecule has 3 heterocycles. The highest BCUT2D eigenvalue weighted by Gasteiger charge is 2.35. The Bertz CT molecular complexity index is 973. The first-order valence-corrected chi connectivity index (χ1v) is 9.42. The van der Waals surface area contributed by atoms with Crippen LogP contribution in [0.4, 0.5) is 4.39 Å². The van der Waals surface area contributed by atoms with Crippen molar-refractivity contribution in [3.8, 4) is 5.75 Å². The topological polar surface area (TPSA) is 55.0 Å². The fraction of sp³-hybridized carbons (Fsp3) is 0.158. The van der Waals surface area contributed by atoms with Crippen molar-refractivity contribution >= 4 is 34.6 Å². The van der Waals surface area contributed by atoms with E-state index in [-0.39, 0.29) is 23.6 Å². The minimum absolute atomic E-state index is 0.0624. The smallest absolute Gasteiger partial charge is 0.281 e. The maximum Gasteiger partial charge on any atom is 0.281 e. The van der Waals surface area contributed by atoms with Gasteiger partial charge in [0.1, 0.15) is 23.4 Å². The van der Waals surface area contributed by atoms with E-state index in [2.05, 4.69) is 5.10 Å². The summed E-state index contributed by atoms with van der Waals surface area (Å²) in [4.78, 5) is 13.7. The standard InChI is InChI=1S/C19H14ClFN2O3S/c20-13-9-12(5-6-14(13)21)26-11-19(24)23-16(17-3-1-7-25-17)10-15(22-23)18-4-2-8-27-18/h1-9,16H,10-11H2/t16-/m1/s1. The number of halogens is 2. The van der Waals surface area contributed by atoms with Crippen molar-refractivity contribution in [2.45, 2.75) is 12.5 Å². The Morgan fingerprint density at radius 3 is 2.96 bits per heavy atom. The fourth-order valence-electron chi connectivity index (χ4n) is 2.81. The van der Waals surface area contributed by atoms with E-state index in [1.807, 2.05) is 23.6 Å². The van der Waals surface area contributed by atoms with Crippen LogP contribution in [-0.2, 0) is 4.79 Å². The van der Waals surface area contributed by atoms with Crippen molar-refractivity contribution in [2.75, 3.05) is 6.61 Å². The molecule has 4 rings (SSSR count). The van der Waals surface area contributed by atoms with Crippen LogP contribution in [0.25, 0.3) is 0 Å². The number of hydrogen-bond acceptors (Lipinski definition) is 5. The predicted molar refractivity (Wildman–Crippen MR) is 101 cm³/mol. The van der Waals surface area contributed by atoms with E-state index in [4.69, 9.17) is 20.8 Å². The number of carbonyl (C=O) groups excluding carboxylic acids is 1. The number of nitrogens with zero attached hydrogens (tertiary/aromatic N) is 2. The summed E-state index contributed by atoms with van der Waals surface area (Å²) in [6.45, 7) is -0.250. The summed E-state index contributed by atoms with van der Waals surface area (Å²) in [6.07, 6.45) is 2.13. The normalized spacial score (nSPS) is 16.4. The molecule has 2 aromatic heterocycles. The molecular weight excluding hydrogens is 391 g/mol. The molecule has 0 unspecified atom stereocenters. The van der Waals surface area contributed by atoms with E-state index in [0.717, 1.165) is 10.6 Å². The van der Waals surface area contributed by atoms with Gasteiger partial charge in [-0.3, -0.25) is 4.79 Å². The van der Waals surface area contributed by atoms with Crippen LogP contribution < -0.4 is 4.74 Å². The van der Waals surface area contributed by atoms with Gasteiger partial charge in [0, 0.05) is 12.5 Å². The minimum Gasteiger partial charge on any atom is -0.484 e. The zero-order chi connectivity index (χ0) is 18.8. The number of hydrogen-bond donors (Lipinski definition) is 0. The van der Waals surface area contributed by atoms with Gasteiger partial charge in [0.2, 0.25) is 0 Å². The summed E-state index contributed by atoms with van der Waals surface area (Å²) in [5, 5.41) is 7.79. The van der Waals surface area contributed by atoms with Gasteiger partial charge in [0.15, 0.2) is 6.61 Å². The number of furan rings is 1. The number of rotatable bonds is 5. The number of amides is 1. The summed E-state index contributed by atoms with van der Waals surface area (Å²) in [5.74, 6) is 0.0933.